The van der Waals surface area contributed by atoms with E-state index in [2.05, 4.69) is 33.6 Å². The number of halogens is 2. The number of hydrogen-bond acceptors (Lipinski definition) is 3. The van der Waals surface area contributed by atoms with Gasteiger partial charge in [-0.2, -0.15) is 11.8 Å². The molecule has 0 amide bonds. The molecule has 1 aliphatic rings. The van der Waals surface area contributed by atoms with Crippen molar-refractivity contribution in [1.82, 2.24) is 5.32 Å². The van der Waals surface area contributed by atoms with E-state index in [1.54, 1.807) is 11.3 Å². The van der Waals surface area contributed by atoms with Crippen molar-refractivity contribution in [3.05, 3.63) is 19.8 Å². The average Bonchev–Trinajstić information content (AvgIpc) is 2.84. The second-order valence-corrected chi connectivity index (χ2v) is 7.81. The van der Waals surface area contributed by atoms with E-state index in [0.717, 1.165) is 20.6 Å². The smallest absolute Gasteiger partial charge is 0.107 e. The first kappa shape index (κ1) is 13.2. The molecule has 2 atom stereocenters. The van der Waals surface area contributed by atoms with Crippen LogP contribution in [0.15, 0.2) is 10.5 Å². The van der Waals surface area contributed by atoms with Crippen LogP contribution in [-0.2, 0) is 6.54 Å². The molecule has 16 heavy (non-hydrogen) atoms. The number of thioether (sulfide) groups is 1. The topological polar surface area (TPSA) is 12.0 Å². The van der Waals surface area contributed by atoms with Crippen LogP contribution in [0.2, 0.25) is 4.34 Å². The highest BCUT2D eigenvalue weighted by Crippen LogP contribution is 2.33. The van der Waals surface area contributed by atoms with E-state index in [9.17, 15) is 0 Å². The fraction of sp³-hybridized carbons (Fsp3) is 0.636. The van der Waals surface area contributed by atoms with Crippen LogP contribution in [0.1, 0.15) is 24.1 Å². The van der Waals surface area contributed by atoms with Gasteiger partial charge >= 0.3 is 0 Å². The molecule has 5 heteroatoms. The molecule has 0 aliphatic heterocycles. The summed E-state index contributed by atoms with van der Waals surface area (Å²) in [6.45, 7) is 0.946. The van der Waals surface area contributed by atoms with E-state index in [0.29, 0.717) is 6.04 Å². The van der Waals surface area contributed by atoms with Gasteiger partial charge < -0.3 is 5.32 Å². The Kier molecular flexibility index (Phi) is 5.04. The minimum atomic E-state index is 0.692. The van der Waals surface area contributed by atoms with Crippen molar-refractivity contribution < 1.29 is 0 Å². The summed E-state index contributed by atoms with van der Waals surface area (Å²) < 4.78 is 1.87. The number of hydrogen-bond donors (Lipinski definition) is 1. The van der Waals surface area contributed by atoms with Gasteiger partial charge in [0.1, 0.15) is 4.34 Å². The number of thiophene rings is 1. The van der Waals surface area contributed by atoms with Gasteiger partial charge in [-0.05, 0) is 47.5 Å². The highest BCUT2D eigenvalue weighted by atomic mass is 79.9. The normalized spacial score (nSPS) is 25.2. The van der Waals surface area contributed by atoms with E-state index < -0.39 is 0 Å². The Morgan fingerprint density at radius 2 is 2.44 bits per heavy atom. The van der Waals surface area contributed by atoms with Crippen molar-refractivity contribution >= 4 is 50.6 Å². The van der Waals surface area contributed by atoms with Gasteiger partial charge in [-0.25, -0.2) is 0 Å². The van der Waals surface area contributed by atoms with Crippen LogP contribution in [0, 0.1) is 0 Å². The Balaban J connectivity index is 1.79. The van der Waals surface area contributed by atoms with Crippen LogP contribution in [0.3, 0.4) is 0 Å². The van der Waals surface area contributed by atoms with E-state index in [1.807, 2.05) is 11.8 Å². The van der Waals surface area contributed by atoms with Crippen molar-refractivity contribution in [1.29, 1.82) is 0 Å². The van der Waals surface area contributed by atoms with E-state index >= 15 is 0 Å². The average molecular weight is 341 g/mol. The minimum absolute atomic E-state index is 0.692. The highest BCUT2D eigenvalue weighted by Gasteiger charge is 2.23. The minimum Gasteiger partial charge on any atom is -0.309 e. The molecule has 1 aliphatic carbocycles. The molecule has 90 valence electrons. The summed E-state index contributed by atoms with van der Waals surface area (Å²) in [4.78, 5) is 1.31. The Bertz CT molecular complexity index is 336. The van der Waals surface area contributed by atoms with Gasteiger partial charge in [0.25, 0.3) is 0 Å². The summed E-state index contributed by atoms with van der Waals surface area (Å²) in [6, 6.07) is 2.80. The zero-order valence-corrected chi connectivity index (χ0v) is 13.1. The molecule has 0 radical (unpaired) electrons. The largest absolute Gasteiger partial charge is 0.309 e. The molecule has 2 rings (SSSR count). The van der Waals surface area contributed by atoms with Crippen molar-refractivity contribution in [2.75, 3.05) is 6.26 Å². The molecular weight excluding hydrogens is 326 g/mol. The Labute approximate surface area is 118 Å². The maximum absolute atomic E-state index is 6.01. The molecule has 0 bridgehead atoms. The molecule has 1 aromatic heterocycles. The molecule has 0 saturated heterocycles. The van der Waals surface area contributed by atoms with Crippen LogP contribution in [0.25, 0.3) is 0 Å². The number of nitrogens with one attached hydrogen (secondary N) is 1. The molecule has 1 nitrogen and oxygen atoms in total. The van der Waals surface area contributed by atoms with Gasteiger partial charge in [0.15, 0.2) is 0 Å². The molecule has 1 heterocycles. The van der Waals surface area contributed by atoms with E-state index in [4.69, 9.17) is 11.6 Å². The third-order valence-electron chi connectivity index (χ3n) is 2.98. The Morgan fingerprint density at radius 1 is 1.62 bits per heavy atom. The molecule has 1 saturated carbocycles. The molecule has 1 aromatic rings. The van der Waals surface area contributed by atoms with E-state index in [-0.39, 0.29) is 0 Å². The monoisotopic (exact) mass is 339 g/mol. The van der Waals surface area contributed by atoms with Gasteiger partial charge in [0.05, 0.1) is 0 Å². The summed E-state index contributed by atoms with van der Waals surface area (Å²) in [5.41, 5.74) is 0. The molecule has 0 spiro atoms. The SMILES string of the molecule is CSC1CCC(NCc2cc(Br)c(Cl)s2)C1. The lowest BCUT2D eigenvalue weighted by molar-refractivity contribution is 0.528. The lowest BCUT2D eigenvalue weighted by Crippen LogP contribution is -2.25. The second kappa shape index (κ2) is 6.10. The quantitative estimate of drug-likeness (QED) is 0.863. The van der Waals surface area contributed by atoms with Crippen molar-refractivity contribution in [2.45, 2.75) is 37.1 Å². The zero-order valence-electron chi connectivity index (χ0n) is 9.13. The van der Waals surface area contributed by atoms with Gasteiger partial charge in [-0.15, -0.1) is 11.3 Å². The van der Waals surface area contributed by atoms with Gasteiger partial charge in [0.2, 0.25) is 0 Å². The fourth-order valence-corrected chi connectivity index (χ4v) is 4.60. The van der Waals surface area contributed by atoms with Gasteiger partial charge in [-0.1, -0.05) is 11.6 Å². The van der Waals surface area contributed by atoms with Gasteiger partial charge in [-0.3, -0.25) is 0 Å². The van der Waals surface area contributed by atoms with Crippen molar-refractivity contribution in [3.8, 4) is 0 Å². The van der Waals surface area contributed by atoms with Crippen LogP contribution in [-0.4, -0.2) is 17.5 Å². The highest BCUT2D eigenvalue weighted by molar-refractivity contribution is 9.10. The third kappa shape index (κ3) is 3.39. The zero-order chi connectivity index (χ0) is 11.5. The first-order valence-electron chi connectivity index (χ1n) is 5.39. The molecule has 0 aromatic carbocycles. The predicted octanol–water partition coefficient (Wildman–Crippen LogP) is 4.54. The Morgan fingerprint density at radius 3 is 3.00 bits per heavy atom. The van der Waals surface area contributed by atoms with E-state index in [1.165, 1.54) is 24.1 Å². The fourth-order valence-electron chi connectivity index (χ4n) is 2.06. The summed E-state index contributed by atoms with van der Waals surface area (Å²) in [6.07, 6.45) is 6.18. The van der Waals surface area contributed by atoms with Gasteiger partial charge in [0, 0.05) is 27.2 Å². The van der Waals surface area contributed by atoms with Crippen molar-refractivity contribution in [2.24, 2.45) is 0 Å². The lowest BCUT2D eigenvalue weighted by Gasteiger charge is -2.11. The molecule has 2 unspecified atom stereocenters. The van der Waals surface area contributed by atoms with Crippen LogP contribution in [0.5, 0.6) is 0 Å². The van der Waals surface area contributed by atoms with Crippen LogP contribution < -0.4 is 5.32 Å². The molecule has 1 fully saturated rings. The standard InChI is InChI=1S/C11H15BrClNS2/c1-15-8-3-2-7(4-8)14-6-9-5-10(12)11(13)16-9/h5,7-8,14H,2-4,6H2,1H3. The summed E-state index contributed by atoms with van der Waals surface area (Å²) >= 11 is 13.1. The summed E-state index contributed by atoms with van der Waals surface area (Å²) in [5.74, 6) is 0. The molecule has 1 N–H and O–H groups in total. The maximum atomic E-state index is 6.01. The summed E-state index contributed by atoms with van der Waals surface area (Å²) in [7, 11) is 0. The molecular formula is C11H15BrClNS2. The third-order valence-corrected chi connectivity index (χ3v) is 6.55. The van der Waals surface area contributed by atoms with Crippen LogP contribution in [0.4, 0.5) is 0 Å². The lowest BCUT2D eigenvalue weighted by atomic mass is 10.2. The number of rotatable bonds is 4. The first-order chi connectivity index (χ1) is 7.69. The van der Waals surface area contributed by atoms with Crippen LogP contribution >= 0.6 is 50.6 Å². The van der Waals surface area contributed by atoms with Crippen molar-refractivity contribution in [3.63, 3.8) is 0 Å². The second-order valence-electron chi connectivity index (χ2n) is 4.08. The Hall–Kier alpha value is 0.780. The predicted molar refractivity (Wildman–Crippen MR) is 78.8 cm³/mol. The maximum Gasteiger partial charge on any atom is 0.107 e. The first-order valence-corrected chi connectivity index (χ1v) is 8.66. The summed E-state index contributed by atoms with van der Waals surface area (Å²) in [5, 5.41) is 4.48.